The van der Waals surface area contributed by atoms with Crippen molar-refractivity contribution in [2.24, 2.45) is 0 Å². The molecule has 1 saturated heterocycles. The number of piperazine rings is 1. The third kappa shape index (κ3) is 7.99. The Morgan fingerprint density at radius 3 is 2.51 bits per heavy atom. The van der Waals surface area contributed by atoms with Gasteiger partial charge in [0, 0.05) is 18.8 Å². The number of hydrogen-bond donors (Lipinski definition) is 2. The second-order valence-corrected chi connectivity index (χ2v) is 9.85. The third-order valence-corrected chi connectivity index (χ3v) is 5.83. The minimum atomic E-state index is -1.04. The maximum Gasteiger partial charge on any atom is 0.410 e. The molecular formula is C28H35N3O6. The Bertz CT molecular complexity index is 1100. The predicted molar refractivity (Wildman–Crippen MR) is 140 cm³/mol. The highest BCUT2D eigenvalue weighted by Crippen LogP contribution is 2.27. The summed E-state index contributed by atoms with van der Waals surface area (Å²) < 4.78 is 10.8. The van der Waals surface area contributed by atoms with Gasteiger partial charge in [0.25, 0.3) is 0 Å². The van der Waals surface area contributed by atoms with E-state index in [0.717, 1.165) is 11.1 Å². The molecule has 1 unspecified atom stereocenters. The van der Waals surface area contributed by atoms with Gasteiger partial charge in [-0.25, -0.2) is 14.4 Å². The largest absolute Gasteiger partial charge is 0.480 e. The standard InChI is InChI=1S/C28H35N3O6/c1-5-10-23(29-26(34)36-19-20-11-7-6-8-12-20)21-13-9-14-22(17-21)31-16-15-30(18-24(31)25(32)33)27(35)37-28(2,3)4/h5-9,11-14,17,23-24H,1,10,15-16,18-19H2,2-4H3,(H,29,34)(H,32,33)/t23?,24-/m1/s1. The molecule has 198 valence electrons. The smallest absolute Gasteiger partial charge is 0.410 e. The van der Waals surface area contributed by atoms with Gasteiger partial charge >= 0.3 is 18.2 Å². The van der Waals surface area contributed by atoms with Crippen LogP contribution in [-0.4, -0.2) is 59.4 Å². The zero-order valence-electron chi connectivity index (χ0n) is 21.6. The van der Waals surface area contributed by atoms with Crippen LogP contribution in [-0.2, 0) is 20.9 Å². The first-order valence-corrected chi connectivity index (χ1v) is 12.2. The summed E-state index contributed by atoms with van der Waals surface area (Å²) >= 11 is 0. The van der Waals surface area contributed by atoms with E-state index >= 15 is 0 Å². The number of nitrogens with one attached hydrogen (secondary N) is 1. The number of alkyl carbamates (subject to hydrolysis) is 1. The highest BCUT2D eigenvalue weighted by atomic mass is 16.6. The first-order chi connectivity index (χ1) is 17.6. The van der Waals surface area contributed by atoms with Crippen molar-refractivity contribution >= 4 is 23.8 Å². The summed E-state index contributed by atoms with van der Waals surface area (Å²) in [6.07, 6.45) is 1.07. The van der Waals surface area contributed by atoms with E-state index < -0.39 is 35.8 Å². The molecule has 0 aliphatic carbocycles. The van der Waals surface area contributed by atoms with Crippen molar-refractivity contribution in [3.63, 3.8) is 0 Å². The number of nitrogens with zero attached hydrogens (tertiary/aromatic N) is 2. The van der Waals surface area contributed by atoms with Gasteiger partial charge in [0.1, 0.15) is 18.2 Å². The van der Waals surface area contributed by atoms with Gasteiger partial charge in [0.2, 0.25) is 0 Å². The number of carboxylic acid groups (broad SMARTS) is 1. The molecule has 37 heavy (non-hydrogen) atoms. The van der Waals surface area contributed by atoms with Crippen LogP contribution in [0.1, 0.15) is 44.4 Å². The average molecular weight is 510 g/mol. The van der Waals surface area contributed by atoms with Crippen LogP contribution in [0.25, 0.3) is 0 Å². The SMILES string of the molecule is C=CCC(NC(=O)OCc1ccccc1)c1cccc(N2CCN(C(=O)OC(C)(C)C)C[C@@H]2C(=O)O)c1. The Kier molecular flexibility index (Phi) is 9.16. The van der Waals surface area contributed by atoms with Crippen LogP contribution in [0.4, 0.5) is 15.3 Å². The molecule has 1 heterocycles. The van der Waals surface area contributed by atoms with Crippen molar-refractivity contribution in [1.82, 2.24) is 10.2 Å². The lowest BCUT2D eigenvalue weighted by molar-refractivity contribution is -0.139. The van der Waals surface area contributed by atoms with Gasteiger partial charge in [0.15, 0.2) is 0 Å². The van der Waals surface area contributed by atoms with Crippen molar-refractivity contribution < 1.29 is 29.0 Å². The van der Waals surface area contributed by atoms with Crippen molar-refractivity contribution in [3.8, 4) is 0 Å². The number of ether oxygens (including phenoxy) is 2. The number of amides is 2. The fourth-order valence-electron chi connectivity index (χ4n) is 4.07. The van der Waals surface area contributed by atoms with Crippen LogP contribution >= 0.6 is 0 Å². The number of rotatable bonds is 8. The van der Waals surface area contributed by atoms with Gasteiger partial charge in [-0.2, -0.15) is 0 Å². The average Bonchev–Trinajstić information content (AvgIpc) is 2.86. The van der Waals surface area contributed by atoms with Crippen molar-refractivity contribution in [1.29, 1.82) is 0 Å². The molecule has 0 radical (unpaired) electrons. The number of aliphatic carboxylic acids is 1. The molecule has 2 N–H and O–H groups in total. The first-order valence-electron chi connectivity index (χ1n) is 12.2. The predicted octanol–water partition coefficient (Wildman–Crippen LogP) is 4.74. The molecule has 9 heteroatoms. The molecule has 9 nitrogen and oxygen atoms in total. The lowest BCUT2D eigenvalue weighted by Gasteiger charge is -2.41. The van der Waals surface area contributed by atoms with Crippen LogP contribution < -0.4 is 10.2 Å². The number of hydrogen-bond acceptors (Lipinski definition) is 6. The van der Waals surface area contributed by atoms with Crippen molar-refractivity contribution in [2.75, 3.05) is 24.5 Å². The number of carbonyl (C=O) groups excluding carboxylic acids is 2. The molecule has 0 bridgehead atoms. The van der Waals surface area contributed by atoms with E-state index in [1.54, 1.807) is 31.7 Å². The number of anilines is 1. The second kappa shape index (κ2) is 12.3. The lowest BCUT2D eigenvalue weighted by Crippen LogP contribution is -2.58. The molecule has 2 amide bonds. The summed E-state index contributed by atoms with van der Waals surface area (Å²) in [6.45, 7) is 9.89. The van der Waals surface area contributed by atoms with Gasteiger partial charge in [-0.3, -0.25) is 0 Å². The molecule has 2 atom stereocenters. The lowest BCUT2D eigenvalue weighted by atomic mass is 10.0. The Labute approximate surface area is 217 Å². The monoisotopic (exact) mass is 509 g/mol. The van der Waals surface area contributed by atoms with Crippen molar-refractivity contribution in [2.45, 2.75) is 51.5 Å². The summed E-state index contributed by atoms with van der Waals surface area (Å²) in [7, 11) is 0. The van der Waals surface area contributed by atoms with E-state index in [4.69, 9.17) is 9.47 Å². The van der Waals surface area contributed by atoms with E-state index in [1.807, 2.05) is 54.6 Å². The second-order valence-electron chi connectivity index (χ2n) is 9.85. The minimum Gasteiger partial charge on any atom is -0.480 e. The van der Waals surface area contributed by atoms with E-state index in [-0.39, 0.29) is 13.2 Å². The fraction of sp³-hybridized carbons (Fsp3) is 0.393. The summed E-state index contributed by atoms with van der Waals surface area (Å²) in [4.78, 5) is 40.3. The molecule has 2 aromatic carbocycles. The zero-order valence-corrected chi connectivity index (χ0v) is 21.6. The Morgan fingerprint density at radius 2 is 1.86 bits per heavy atom. The quantitative estimate of drug-likeness (QED) is 0.495. The zero-order chi connectivity index (χ0) is 27.0. The summed E-state index contributed by atoms with van der Waals surface area (Å²) in [6, 6.07) is 15.4. The van der Waals surface area contributed by atoms with E-state index in [9.17, 15) is 19.5 Å². The topological polar surface area (TPSA) is 108 Å². The minimum absolute atomic E-state index is 0.00533. The van der Waals surface area contributed by atoms with Gasteiger partial charge in [-0.05, 0) is 50.5 Å². The molecule has 3 rings (SSSR count). The van der Waals surface area contributed by atoms with Gasteiger partial charge in [0.05, 0.1) is 12.6 Å². The normalized spacial score (nSPS) is 16.5. The van der Waals surface area contributed by atoms with E-state index in [0.29, 0.717) is 25.2 Å². The molecule has 2 aromatic rings. The Balaban J connectivity index is 1.72. The number of benzene rings is 2. The van der Waals surface area contributed by atoms with Crippen LogP contribution in [0.2, 0.25) is 0 Å². The van der Waals surface area contributed by atoms with Gasteiger partial charge in [-0.1, -0.05) is 48.5 Å². The number of carboxylic acids is 1. The highest BCUT2D eigenvalue weighted by Gasteiger charge is 2.36. The maximum absolute atomic E-state index is 12.5. The molecule has 0 saturated carbocycles. The molecule has 1 aliphatic rings. The van der Waals surface area contributed by atoms with Gasteiger partial charge < -0.3 is 29.7 Å². The van der Waals surface area contributed by atoms with Crippen LogP contribution in [0.3, 0.4) is 0 Å². The summed E-state index contributed by atoms with van der Waals surface area (Å²) in [5.74, 6) is -1.04. The Hall–Kier alpha value is -4.01. The highest BCUT2D eigenvalue weighted by molar-refractivity contribution is 5.80. The van der Waals surface area contributed by atoms with E-state index in [1.165, 1.54) is 4.90 Å². The third-order valence-electron chi connectivity index (χ3n) is 5.83. The molecule has 0 spiro atoms. The molecule has 0 aromatic heterocycles. The van der Waals surface area contributed by atoms with E-state index in [2.05, 4.69) is 11.9 Å². The van der Waals surface area contributed by atoms with Gasteiger partial charge in [-0.15, -0.1) is 6.58 Å². The van der Waals surface area contributed by atoms with Crippen LogP contribution in [0.5, 0.6) is 0 Å². The van der Waals surface area contributed by atoms with Crippen molar-refractivity contribution in [3.05, 3.63) is 78.4 Å². The molecule has 1 aliphatic heterocycles. The summed E-state index contributed by atoms with van der Waals surface area (Å²) in [5.41, 5.74) is 1.68. The fourth-order valence-corrected chi connectivity index (χ4v) is 4.07. The molecule has 1 fully saturated rings. The summed E-state index contributed by atoms with van der Waals surface area (Å²) in [5, 5.41) is 12.8. The van der Waals surface area contributed by atoms with Crippen LogP contribution in [0, 0.1) is 0 Å². The van der Waals surface area contributed by atoms with Crippen LogP contribution in [0.15, 0.2) is 67.3 Å². The molecular weight excluding hydrogens is 474 g/mol. The maximum atomic E-state index is 12.5. The number of carbonyl (C=O) groups is 3. The Morgan fingerprint density at radius 1 is 1.14 bits per heavy atom. The first kappa shape index (κ1) is 27.6.